The molecule has 2 rings (SSSR count). The highest BCUT2D eigenvalue weighted by atomic mass is 16.3. The summed E-state index contributed by atoms with van der Waals surface area (Å²) in [5.74, 6) is 0.959. The minimum Gasteiger partial charge on any atom is -0.396 e. The molecule has 0 aromatic carbocycles. The lowest BCUT2D eigenvalue weighted by molar-refractivity contribution is 0.0680. The Bertz CT molecular complexity index is 633. The number of aliphatic hydroxyl groups is 1. The third-order valence-electron chi connectivity index (χ3n) is 5.19. The molecule has 1 fully saturated rings. The molecule has 1 saturated heterocycles. The lowest BCUT2D eigenvalue weighted by Gasteiger charge is -2.27. The smallest absolute Gasteiger partial charge is 0.291 e. The van der Waals surface area contributed by atoms with Crippen molar-refractivity contribution < 1.29 is 9.90 Å². The van der Waals surface area contributed by atoms with Gasteiger partial charge in [0.15, 0.2) is 0 Å². The molecule has 1 aromatic heterocycles. The minimum atomic E-state index is -0.166. The van der Waals surface area contributed by atoms with Gasteiger partial charge in [0.2, 0.25) is 5.82 Å². The number of nitrogens with zero attached hydrogens (tertiary/aromatic N) is 5. The molecule has 146 valence electrons. The van der Waals surface area contributed by atoms with Crippen molar-refractivity contribution >= 4 is 11.7 Å². The van der Waals surface area contributed by atoms with Gasteiger partial charge in [0.1, 0.15) is 5.82 Å². The van der Waals surface area contributed by atoms with E-state index in [1.54, 1.807) is 4.90 Å². The summed E-state index contributed by atoms with van der Waals surface area (Å²) < 4.78 is 0. The first kappa shape index (κ1) is 20.6. The number of aromatic nitrogens is 2. The standard InChI is InChI=1S/C19H33N5O2/c1-13(2)24(9-7-11-25)19(26)17-20-15(4)14(3)18(21-17)23-10-8-16(12-23)22(5)6/h13,16,25H,7-12H2,1-6H3/t16-/m1/s1. The second-order valence-electron chi connectivity index (χ2n) is 7.60. The molecule has 1 aromatic rings. The maximum atomic E-state index is 13.0. The van der Waals surface area contributed by atoms with Crippen LogP contribution in [0.3, 0.4) is 0 Å². The number of carbonyl (C=O) groups is 1. The van der Waals surface area contributed by atoms with Gasteiger partial charge in [-0.2, -0.15) is 0 Å². The second kappa shape index (κ2) is 8.77. The summed E-state index contributed by atoms with van der Waals surface area (Å²) in [7, 11) is 4.20. The SMILES string of the molecule is Cc1nc(C(=O)N(CCCO)C(C)C)nc(N2CC[C@@H](N(C)C)C2)c1C. The summed E-state index contributed by atoms with van der Waals surface area (Å²) in [6, 6.07) is 0.535. The van der Waals surface area contributed by atoms with Gasteiger partial charge in [0.05, 0.1) is 0 Å². The zero-order chi connectivity index (χ0) is 19.4. The topological polar surface area (TPSA) is 72.8 Å². The van der Waals surface area contributed by atoms with Gasteiger partial charge in [-0.3, -0.25) is 4.79 Å². The van der Waals surface area contributed by atoms with Crippen LogP contribution in [0.1, 0.15) is 48.6 Å². The Hall–Kier alpha value is -1.73. The average molecular weight is 364 g/mol. The van der Waals surface area contributed by atoms with E-state index in [1.165, 1.54) is 0 Å². The summed E-state index contributed by atoms with van der Waals surface area (Å²) >= 11 is 0. The van der Waals surface area contributed by atoms with Crippen LogP contribution in [0.2, 0.25) is 0 Å². The fraction of sp³-hybridized carbons (Fsp3) is 0.737. The molecule has 2 heterocycles. The van der Waals surface area contributed by atoms with Gasteiger partial charge >= 0.3 is 0 Å². The molecule has 1 amide bonds. The fourth-order valence-electron chi connectivity index (χ4n) is 3.34. The largest absolute Gasteiger partial charge is 0.396 e. The molecular formula is C19H33N5O2. The van der Waals surface area contributed by atoms with Crippen LogP contribution in [0.15, 0.2) is 0 Å². The minimum absolute atomic E-state index is 0.0348. The monoisotopic (exact) mass is 363 g/mol. The van der Waals surface area contributed by atoms with Crippen molar-refractivity contribution in [3.8, 4) is 0 Å². The van der Waals surface area contributed by atoms with Gasteiger partial charge in [-0.1, -0.05) is 0 Å². The van der Waals surface area contributed by atoms with Gasteiger partial charge in [0, 0.05) is 49.6 Å². The van der Waals surface area contributed by atoms with E-state index in [0.717, 1.165) is 36.6 Å². The highest BCUT2D eigenvalue weighted by Crippen LogP contribution is 2.25. The van der Waals surface area contributed by atoms with Gasteiger partial charge in [-0.25, -0.2) is 9.97 Å². The Morgan fingerprint density at radius 1 is 1.31 bits per heavy atom. The third-order valence-corrected chi connectivity index (χ3v) is 5.19. The van der Waals surface area contributed by atoms with E-state index in [0.29, 0.717) is 19.0 Å². The van der Waals surface area contributed by atoms with Crippen LogP contribution in [0.5, 0.6) is 0 Å². The van der Waals surface area contributed by atoms with E-state index in [-0.39, 0.29) is 24.4 Å². The van der Waals surface area contributed by atoms with Crippen LogP contribution >= 0.6 is 0 Å². The van der Waals surface area contributed by atoms with Crippen molar-refractivity contribution in [3.63, 3.8) is 0 Å². The molecular weight excluding hydrogens is 330 g/mol. The Balaban J connectivity index is 2.30. The highest BCUT2D eigenvalue weighted by molar-refractivity contribution is 5.91. The maximum Gasteiger partial charge on any atom is 0.291 e. The Labute approximate surface area is 157 Å². The lowest BCUT2D eigenvalue weighted by atomic mass is 10.2. The predicted octanol–water partition coefficient (Wildman–Crippen LogP) is 1.47. The third kappa shape index (κ3) is 4.51. The summed E-state index contributed by atoms with van der Waals surface area (Å²) in [6.45, 7) is 10.3. The van der Waals surface area contributed by atoms with Gasteiger partial charge in [0.25, 0.3) is 5.91 Å². The number of aliphatic hydroxyl groups excluding tert-OH is 1. The number of hydrogen-bond acceptors (Lipinski definition) is 6. The zero-order valence-corrected chi connectivity index (χ0v) is 17.0. The molecule has 0 aliphatic carbocycles. The number of hydrogen-bond donors (Lipinski definition) is 1. The number of carbonyl (C=O) groups excluding carboxylic acids is 1. The molecule has 1 N–H and O–H groups in total. The average Bonchev–Trinajstić information content (AvgIpc) is 3.07. The molecule has 0 bridgehead atoms. The van der Waals surface area contributed by atoms with E-state index in [4.69, 9.17) is 5.11 Å². The molecule has 1 atom stereocenters. The molecule has 0 unspecified atom stereocenters. The second-order valence-corrected chi connectivity index (χ2v) is 7.60. The van der Waals surface area contributed by atoms with Crippen molar-refractivity contribution in [2.24, 2.45) is 0 Å². The first-order valence-electron chi connectivity index (χ1n) is 9.44. The number of likely N-dealkylation sites (N-methyl/N-ethyl adjacent to an activating group) is 1. The molecule has 1 aliphatic rings. The zero-order valence-electron chi connectivity index (χ0n) is 17.0. The van der Waals surface area contributed by atoms with Gasteiger partial charge in [-0.15, -0.1) is 0 Å². The molecule has 0 spiro atoms. The van der Waals surface area contributed by atoms with Gasteiger partial charge < -0.3 is 19.8 Å². The first-order chi connectivity index (χ1) is 12.3. The summed E-state index contributed by atoms with van der Waals surface area (Å²) in [5.41, 5.74) is 1.88. The van der Waals surface area contributed by atoms with Crippen molar-refractivity contribution in [2.45, 2.75) is 52.6 Å². The number of aryl methyl sites for hydroxylation is 1. The van der Waals surface area contributed by atoms with Crippen molar-refractivity contribution in [2.75, 3.05) is 45.2 Å². The summed E-state index contributed by atoms with van der Waals surface area (Å²) in [4.78, 5) is 28.4. The fourth-order valence-corrected chi connectivity index (χ4v) is 3.34. The molecule has 26 heavy (non-hydrogen) atoms. The van der Waals surface area contributed by atoms with Crippen LogP contribution in [0.25, 0.3) is 0 Å². The van der Waals surface area contributed by atoms with E-state index in [9.17, 15) is 4.79 Å². The van der Waals surface area contributed by atoms with Crippen molar-refractivity contribution in [3.05, 3.63) is 17.1 Å². The number of amides is 1. The van der Waals surface area contributed by atoms with E-state index >= 15 is 0 Å². The quantitative estimate of drug-likeness (QED) is 0.791. The van der Waals surface area contributed by atoms with Crippen LogP contribution in [-0.4, -0.2) is 83.2 Å². The summed E-state index contributed by atoms with van der Waals surface area (Å²) in [5, 5.41) is 9.11. The van der Waals surface area contributed by atoms with E-state index < -0.39 is 0 Å². The highest BCUT2D eigenvalue weighted by Gasteiger charge is 2.29. The van der Waals surface area contributed by atoms with Crippen LogP contribution < -0.4 is 4.90 Å². The number of anilines is 1. The Morgan fingerprint density at radius 3 is 2.54 bits per heavy atom. The molecule has 0 saturated carbocycles. The van der Waals surface area contributed by atoms with Crippen molar-refractivity contribution in [1.82, 2.24) is 19.8 Å². The Kier molecular flexibility index (Phi) is 6.94. The van der Waals surface area contributed by atoms with Crippen LogP contribution in [-0.2, 0) is 0 Å². The molecule has 1 aliphatic heterocycles. The predicted molar refractivity (Wildman–Crippen MR) is 104 cm³/mol. The van der Waals surface area contributed by atoms with Crippen LogP contribution in [0, 0.1) is 13.8 Å². The van der Waals surface area contributed by atoms with Gasteiger partial charge in [-0.05, 0) is 54.6 Å². The lowest BCUT2D eigenvalue weighted by Crippen LogP contribution is -2.39. The van der Waals surface area contributed by atoms with E-state index in [1.807, 2.05) is 27.7 Å². The summed E-state index contributed by atoms with van der Waals surface area (Å²) in [6.07, 6.45) is 1.64. The molecule has 7 heteroatoms. The van der Waals surface area contributed by atoms with E-state index in [2.05, 4.69) is 33.9 Å². The first-order valence-corrected chi connectivity index (χ1v) is 9.44. The normalized spacial score (nSPS) is 17.4. The van der Waals surface area contributed by atoms with Crippen molar-refractivity contribution in [1.29, 1.82) is 0 Å². The maximum absolute atomic E-state index is 13.0. The molecule has 0 radical (unpaired) electrons. The van der Waals surface area contributed by atoms with Crippen LogP contribution in [0.4, 0.5) is 5.82 Å². The Morgan fingerprint density at radius 2 is 2.00 bits per heavy atom. The molecule has 7 nitrogen and oxygen atoms in total. The number of rotatable bonds is 7.